The first-order valence-corrected chi connectivity index (χ1v) is 5.98. The molecule has 86 valence electrons. The van der Waals surface area contributed by atoms with E-state index in [1.54, 1.807) is 0 Å². The first kappa shape index (κ1) is 12.5. The molecular formula is C12H23N3. The first-order valence-electron chi connectivity index (χ1n) is 5.98. The van der Waals surface area contributed by atoms with Gasteiger partial charge in [0.25, 0.3) is 0 Å². The molecule has 1 aliphatic heterocycles. The summed E-state index contributed by atoms with van der Waals surface area (Å²) in [6.45, 7) is 12.9. The summed E-state index contributed by atoms with van der Waals surface area (Å²) < 4.78 is 0. The Balaban J connectivity index is 2.14. The van der Waals surface area contributed by atoms with Crippen LogP contribution in [0.1, 0.15) is 13.8 Å². The van der Waals surface area contributed by atoms with E-state index in [-0.39, 0.29) is 0 Å². The highest BCUT2D eigenvalue weighted by atomic mass is 15.2. The van der Waals surface area contributed by atoms with Gasteiger partial charge < -0.3 is 5.32 Å². The third-order valence-electron chi connectivity index (χ3n) is 2.83. The Morgan fingerprint density at radius 2 is 1.80 bits per heavy atom. The van der Waals surface area contributed by atoms with Crippen LogP contribution in [0.2, 0.25) is 0 Å². The van der Waals surface area contributed by atoms with E-state index >= 15 is 0 Å². The molecular weight excluding hydrogens is 186 g/mol. The minimum absolute atomic E-state index is 0.916. The van der Waals surface area contributed by atoms with E-state index in [2.05, 4.69) is 40.8 Å². The van der Waals surface area contributed by atoms with Crippen LogP contribution in [0.4, 0.5) is 0 Å². The van der Waals surface area contributed by atoms with Gasteiger partial charge in [-0.15, -0.1) is 0 Å². The van der Waals surface area contributed by atoms with E-state index < -0.39 is 0 Å². The van der Waals surface area contributed by atoms with Crippen molar-refractivity contribution in [3.8, 4) is 11.8 Å². The van der Waals surface area contributed by atoms with E-state index in [9.17, 15) is 0 Å². The predicted molar refractivity (Wildman–Crippen MR) is 64.9 cm³/mol. The quantitative estimate of drug-likeness (QED) is 0.669. The summed E-state index contributed by atoms with van der Waals surface area (Å²) >= 11 is 0. The molecule has 15 heavy (non-hydrogen) atoms. The molecule has 0 aromatic carbocycles. The van der Waals surface area contributed by atoms with Gasteiger partial charge in [0.05, 0.1) is 13.1 Å². The van der Waals surface area contributed by atoms with Crippen molar-refractivity contribution in [1.82, 2.24) is 15.1 Å². The van der Waals surface area contributed by atoms with Crippen molar-refractivity contribution in [2.75, 3.05) is 52.4 Å². The lowest BCUT2D eigenvalue weighted by molar-refractivity contribution is 0.268. The van der Waals surface area contributed by atoms with Crippen LogP contribution in [-0.4, -0.2) is 62.2 Å². The standard InChI is InChI=1S/C12H23N3/c1-3-14(4-2)9-5-6-10-15-11-7-13-8-12-15/h13H,3-4,7-12H2,1-2H3. The summed E-state index contributed by atoms with van der Waals surface area (Å²) in [4.78, 5) is 4.75. The Bertz CT molecular complexity index is 207. The molecule has 0 amide bonds. The van der Waals surface area contributed by atoms with E-state index in [4.69, 9.17) is 0 Å². The van der Waals surface area contributed by atoms with E-state index in [1.165, 1.54) is 0 Å². The summed E-state index contributed by atoms with van der Waals surface area (Å²) in [6.07, 6.45) is 0. The second kappa shape index (κ2) is 7.70. The molecule has 0 aliphatic carbocycles. The van der Waals surface area contributed by atoms with Crippen LogP contribution in [0, 0.1) is 11.8 Å². The zero-order chi connectivity index (χ0) is 10.9. The van der Waals surface area contributed by atoms with Gasteiger partial charge >= 0.3 is 0 Å². The molecule has 1 N–H and O–H groups in total. The maximum atomic E-state index is 3.34. The largest absolute Gasteiger partial charge is 0.314 e. The molecule has 0 spiro atoms. The molecule has 1 aliphatic rings. The van der Waals surface area contributed by atoms with Crippen LogP contribution in [0.25, 0.3) is 0 Å². The van der Waals surface area contributed by atoms with Crippen LogP contribution in [0.3, 0.4) is 0 Å². The van der Waals surface area contributed by atoms with Gasteiger partial charge in [-0.05, 0) is 13.1 Å². The summed E-state index contributed by atoms with van der Waals surface area (Å²) in [5.41, 5.74) is 0. The fraction of sp³-hybridized carbons (Fsp3) is 0.833. The highest BCUT2D eigenvalue weighted by Gasteiger charge is 2.06. The zero-order valence-electron chi connectivity index (χ0n) is 10.1. The molecule has 0 aromatic rings. The van der Waals surface area contributed by atoms with Crippen LogP contribution < -0.4 is 5.32 Å². The third kappa shape index (κ3) is 5.17. The lowest BCUT2D eigenvalue weighted by Crippen LogP contribution is -2.43. The fourth-order valence-corrected chi connectivity index (χ4v) is 1.65. The number of piperazine rings is 1. The smallest absolute Gasteiger partial charge is 0.0602 e. The number of nitrogens with one attached hydrogen (secondary N) is 1. The molecule has 0 unspecified atom stereocenters. The summed E-state index contributed by atoms with van der Waals surface area (Å²) in [5.74, 6) is 6.51. The van der Waals surface area contributed by atoms with E-state index in [0.29, 0.717) is 0 Å². The van der Waals surface area contributed by atoms with Crippen molar-refractivity contribution >= 4 is 0 Å². The normalized spacial score (nSPS) is 17.5. The van der Waals surface area contributed by atoms with Gasteiger partial charge in [-0.1, -0.05) is 25.7 Å². The molecule has 3 heteroatoms. The number of hydrogen-bond acceptors (Lipinski definition) is 3. The van der Waals surface area contributed by atoms with E-state index in [1.807, 2.05) is 0 Å². The Hall–Kier alpha value is -0.560. The first-order chi connectivity index (χ1) is 7.36. The predicted octanol–water partition coefficient (Wildman–Crippen LogP) is 0.237. The van der Waals surface area contributed by atoms with Gasteiger partial charge in [-0.25, -0.2) is 0 Å². The van der Waals surface area contributed by atoms with Crippen molar-refractivity contribution < 1.29 is 0 Å². The summed E-state index contributed by atoms with van der Waals surface area (Å²) in [7, 11) is 0. The van der Waals surface area contributed by atoms with Crippen LogP contribution in [0.15, 0.2) is 0 Å². The summed E-state index contributed by atoms with van der Waals surface area (Å²) in [6, 6.07) is 0. The highest BCUT2D eigenvalue weighted by molar-refractivity contribution is 5.03. The van der Waals surface area contributed by atoms with Gasteiger partial charge in [-0.2, -0.15) is 0 Å². The number of rotatable bonds is 4. The number of nitrogens with zero attached hydrogens (tertiary/aromatic N) is 2. The molecule has 1 fully saturated rings. The van der Waals surface area contributed by atoms with Gasteiger partial charge in [-0.3, -0.25) is 9.80 Å². The maximum Gasteiger partial charge on any atom is 0.0602 e. The molecule has 0 atom stereocenters. The van der Waals surface area contributed by atoms with Gasteiger partial charge in [0.2, 0.25) is 0 Å². The Labute approximate surface area is 93.8 Å². The minimum atomic E-state index is 0.916. The summed E-state index contributed by atoms with van der Waals surface area (Å²) in [5, 5.41) is 3.34. The van der Waals surface area contributed by atoms with Crippen LogP contribution in [0.5, 0.6) is 0 Å². The Morgan fingerprint density at radius 1 is 1.13 bits per heavy atom. The molecule has 0 radical (unpaired) electrons. The average Bonchev–Trinajstić information content (AvgIpc) is 2.31. The third-order valence-corrected chi connectivity index (χ3v) is 2.83. The van der Waals surface area contributed by atoms with Crippen molar-refractivity contribution in [3.05, 3.63) is 0 Å². The SMILES string of the molecule is CCN(CC)CC#CCN1CCNCC1. The fourth-order valence-electron chi connectivity index (χ4n) is 1.65. The van der Waals surface area contributed by atoms with Crippen molar-refractivity contribution in [1.29, 1.82) is 0 Å². The van der Waals surface area contributed by atoms with Gasteiger partial charge in [0.1, 0.15) is 0 Å². The molecule has 0 aromatic heterocycles. The Kier molecular flexibility index (Phi) is 6.42. The van der Waals surface area contributed by atoms with Crippen LogP contribution in [-0.2, 0) is 0 Å². The van der Waals surface area contributed by atoms with Gasteiger partial charge in [0.15, 0.2) is 0 Å². The molecule has 1 rings (SSSR count). The van der Waals surface area contributed by atoms with E-state index in [0.717, 1.165) is 52.4 Å². The molecule has 1 heterocycles. The number of hydrogen-bond donors (Lipinski definition) is 1. The van der Waals surface area contributed by atoms with Crippen molar-refractivity contribution in [2.45, 2.75) is 13.8 Å². The maximum absolute atomic E-state index is 3.34. The minimum Gasteiger partial charge on any atom is -0.314 e. The molecule has 1 saturated heterocycles. The topological polar surface area (TPSA) is 18.5 Å². The monoisotopic (exact) mass is 209 g/mol. The van der Waals surface area contributed by atoms with Crippen molar-refractivity contribution in [3.63, 3.8) is 0 Å². The highest BCUT2D eigenvalue weighted by Crippen LogP contribution is 1.90. The molecule has 0 bridgehead atoms. The lowest BCUT2D eigenvalue weighted by atomic mass is 10.3. The molecule has 0 saturated carbocycles. The second-order valence-corrected chi connectivity index (χ2v) is 3.84. The van der Waals surface area contributed by atoms with Crippen LogP contribution >= 0.6 is 0 Å². The average molecular weight is 209 g/mol. The Morgan fingerprint density at radius 3 is 2.40 bits per heavy atom. The lowest BCUT2D eigenvalue weighted by Gasteiger charge is -2.24. The second-order valence-electron chi connectivity index (χ2n) is 3.84. The molecule has 3 nitrogen and oxygen atoms in total. The zero-order valence-corrected chi connectivity index (χ0v) is 10.1. The van der Waals surface area contributed by atoms with Gasteiger partial charge in [0, 0.05) is 26.2 Å². The van der Waals surface area contributed by atoms with Crippen molar-refractivity contribution in [2.24, 2.45) is 0 Å².